The maximum absolute atomic E-state index is 13.3. The quantitative estimate of drug-likeness (QED) is 0.810. The third-order valence-corrected chi connectivity index (χ3v) is 5.06. The van der Waals surface area contributed by atoms with Gasteiger partial charge < -0.3 is 10.2 Å². The zero-order valence-electron chi connectivity index (χ0n) is 15.9. The summed E-state index contributed by atoms with van der Waals surface area (Å²) in [4.78, 5) is 40.8. The molecule has 0 unspecified atom stereocenters. The first-order chi connectivity index (χ1) is 14.0. The van der Waals surface area contributed by atoms with E-state index in [9.17, 15) is 18.8 Å². The molecule has 0 atom stereocenters. The second-order valence-electron chi connectivity index (χ2n) is 7.10. The Morgan fingerprint density at radius 3 is 2.14 bits per heavy atom. The van der Waals surface area contributed by atoms with Crippen molar-refractivity contribution in [3.63, 3.8) is 0 Å². The van der Waals surface area contributed by atoms with Crippen LogP contribution in [0, 0.1) is 5.82 Å². The number of likely N-dealkylation sites (tertiary alicyclic amines) is 1. The molecule has 0 radical (unpaired) electrons. The number of hydrogen-bond donors (Lipinski definition) is 1. The van der Waals surface area contributed by atoms with Crippen molar-refractivity contribution < 1.29 is 18.8 Å². The molecular weight excluding hydrogens is 373 g/mol. The Kier molecular flexibility index (Phi) is 4.88. The number of benzene rings is 2. The van der Waals surface area contributed by atoms with E-state index in [2.05, 4.69) is 5.32 Å². The monoisotopic (exact) mass is 393 g/mol. The summed E-state index contributed by atoms with van der Waals surface area (Å²) in [6, 6.07) is 12.1. The number of carbonyl (C=O) groups excluding carboxylic acids is 3. The molecule has 0 aromatic heterocycles. The van der Waals surface area contributed by atoms with Crippen LogP contribution < -0.4 is 10.2 Å². The Hall–Kier alpha value is -3.48. The van der Waals surface area contributed by atoms with Gasteiger partial charge in [0.05, 0.1) is 11.3 Å². The number of imide groups is 1. The van der Waals surface area contributed by atoms with Gasteiger partial charge in [0, 0.05) is 25.7 Å². The summed E-state index contributed by atoms with van der Waals surface area (Å²) in [5.74, 6) is -1.46. The second-order valence-corrected chi connectivity index (χ2v) is 7.10. The highest BCUT2D eigenvalue weighted by Gasteiger charge is 2.42. The van der Waals surface area contributed by atoms with E-state index < -0.39 is 17.6 Å². The number of carbonyl (C=O) groups is 3. The highest BCUT2D eigenvalue weighted by Crippen LogP contribution is 2.36. The fraction of sp³-hybridized carbons (Fsp3) is 0.227. The van der Waals surface area contributed by atoms with Crippen LogP contribution in [-0.2, 0) is 14.4 Å². The van der Waals surface area contributed by atoms with Crippen LogP contribution in [0.2, 0.25) is 0 Å². The Labute approximate surface area is 167 Å². The van der Waals surface area contributed by atoms with Crippen LogP contribution in [0.3, 0.4) is 0 Å². The minimum absolute atomic E-state index is 0.190. The summed E-state index contributed by atoms with van der Waals surface area (Å²) in [7, 11) is 0. The highest BCUT2D eigenvalue weighted by atomic mass is 19.1. The molecule has 0 bridgehead atoms. The van der Waals surface area contributed by atoms with Gasteiger partial charge >= 0.3 is 0 Å². The summed E-state index contributed by atoms with van der Waals surface area (Å²) < 4.78 is 13.3. The topological polar surface area (TPSA) is 69.7 Å². The lowest BCUT2D eigenvalue weighted by Crippen LogP contribution is -2.34. The van der Waals surface area contributed by atoms with E-state index in [1.807, 2.05) is 4.90 Å². The van der Waals surface area contributed by atoms with E-state index >= 15 is 0 Å². The van der Waals surface area contributed by atoms with E-state index in [-0.39, 0.29) is 5.91 Å². The van der Waals surface area contributed by atoms with Gasteiger partial charge in [-0.05, 0) is 54.8 Å². The van der Waals surface area contributed by atoms with Gasteiger partial charge in [0.2, 0.25) is 5.91 Å². The number of rotatable bonds is 4. The molecule has 6 nitrogen and oxygen atoms in total. The lowest BCUT2D eigenvalue weighted by Gasteiger charge is -2.20. The van der Waals surface area contributed by atoms with Gasteiger partial charge in [0.25, 0.3) is 11.8 Å². The van der Waals surface area contributed by atoms with E-state index in [0.717, 1.165) is 17.7 Å². The Bertz CT molecular complexity index is 1010. The SMILES string of the molecule is CC(=O)Nc1ccc(C2=C(N3CCCC3)C(=O)N(c3ccc(F)cc3)C2=O)cc1. The number of hydrogen-bond acceptors (Lipinski definition) is 4. The van der Waals surface area contributed by atoms with Gasteiger partial charge in [-0.25, -0.2) is 9.29 Å². The molecule has 7 heteroatoms. The Morgan fingerprint density at radius 2 is 1.55 bits per heavy atom. The highest BCUT2D eigenvalue weighted by molar-refractivity contribution is 6.45. The van der Waals surface area contributed by atoms with Crippen LogP contribution in [0.15, 0.2) is 54.2 Å². The Morgan fingerprint density at radius 1 is 0.931 bits per heavy atom. The zero-order chi connectivity index (χ0) is 20.5. The molecule has 4 rings (SSSR count). The molecule has 3 amide bonds. The average Bonchev–Trinajstić information content (AvgIpc) is 3.29. The maximum Gasteiger partial charge on any atom is 0.282 e. The van der Waals surface area contributed by atoms with E-state index in [1.165, 1.54) is 31.2 Å². The minimum Gasteiger partial charge on any atom is -0.366 e. The van der Waals surface area contributed by atoms with Crippen molar-refractivity contribution in [1.82, 2.24) is 4.90 Å². The largest absolute Gasteiger partial charge is 0.366 e. The van der Waals surface area contributed by atoms with Crippen LogP contribution >= 0.6 is 0 Å². The normalized spacial score (nSPS) is 16.8. The van der Waals surface area contributed by atoms with Crippen LogP contribution in [0.1, 0.15) is 25.3 Å². The number of halogens is 1. The molecule has 1 saturated heterocycles. The van der Waals surface area contributed by atoms with E-state index in [4.69, 9.17) is 0 Å². The molecule has 2 aliphatic rings. The van der Waals surface area contributed by atoms with Crippen LogP contribution in [0.25, 0.3) is 5.57 Å². The van der Waals surface area contributed by atoms with Crippen LogP contribution in [-0.4, -0.2) is 35.7 Å². The van der Waals surface area contributed by atoms with Gasteiger partial charge in [0.1, 0.15) is 11.5 Å². The smallest absolute Gasteiger partial charge is 0.282 e. The van der Waals surface area contributed by atoms with Crippen LogP contribution in [0.4, 0.5) is 15.8 Å². The molecule has 0 aliphatic carbocycles. The molecule has 2 aliphatic heterocycles. The molecule has 0 spiro atoms. The summed E-state index contributed by atoms with van der Waals surface area (Å²) in [6.07, 6.45) is 1.91. The first kappa shape index (κ1) is 18.9. The lowest BCUT2D eigenvalue weighted by atomic mass is 10.0. The summed E-state index contributed by atoms with van der Waals surface area (Å²) in [6.45, 7) is 2.83. The average molecular weight is 393 g/mol. The second kappa shape index (κ2) is 7.50. The predicted molar refractivity (Wildman–Crippen MR) is 107 cm³/mol. The fourth-order valence-corrected chi connectivity index (χ4v) is 3.76. The van der Waals surface area contributed by atoms with Gasteiger partial charge in [-0.1, -0.05) is 12.1 Å². The van der Waals surface area contributed by atoms with Crippen molar-refractivity contribution in [3.05, 3.63) is 65.6 Å². The van der Waals surface area contributed by atoms with Gasteiger partial charge in [-0.3, -0.25) is 14.4 Å². The molecule has 2 aromatic carbocycles. The molecule has 2 aromatic rings. The number of nitrogens with one attached hydrogen (secondary N) is 1. The third kappa shape index (κ3) is 3.51. The van der Waals surface area contributed by atoms with Crippen molar-refractivity contribution in [2.24, 2.45) is 0 Å². The zero-order valence-corrected chi connectivity index (χ0v) is 15.9. The van der Waals surface area contributed by atoms with Gasteiger partial charge in [-0.15, -0.1) is 0 Å². The summed E-state index contributed by atoms with van der Waals surface area (Å²) >= 11 is 0. The third-order valence-electron chi connectivity index (χ3n) is 5.06. The van der Waals surface area contributed by atoms with Crippen molar-refractivity contribution >= 4 is 34.7 Å². The number of nitrogens with zero attached hydrogens (tertiary/aromatic N) is 2. The molecule has 29 heavy (non-hydrogen) atoms. The molecule has 1 N–H and O–H groups in total. The first-order valence-electron chi connectivity index (χ1n) is 9.47. The van der Waals surface area contributed by atoms with Gasteiger partial charge in [0.15, 0.2) is 0 Å². The Balaban J connectivity index is 1.76. The van der Waals surface area contributed by atoms with Crippen molar-refractivity contribution in [1.29, 1.82) is 0 Å². The first-order valence-corrected chi connectivity index (χ1v) is 9.47. The molecule has 2 heterocycles. The number of amides is 3. The molecular formula is C22H20FN3O3. The lowest BCUT2D eigenvalue weighted by molar-refractivity contribution is -0.120. The fourth-order valence-electron chi connectivity index (χ4n) is 3.76. The van der Waals surface area contributed by atoms with Crippen molar-refractivity contribution in [3.8, 4) is 0 Å². The summed E-state index contributed by atoms with van der Waals surface area (Å²) in [5.41, 5.74) is 2.25. The molecule has 148 valence electrons. The maximum atomic E-state index is 13.3. The van der Waals surface area contributed by atoms with E-state index in [0.29, 0.717) is 41.3 Å². The number of anilines is 2. The van der Waals surface area contributed by atoms with Crippen molar-refractivity contribution in [2.75, 3.05) is 23.3 Å². The predicted octanol–water partition coefficient (Wildman–Crippen LogP) is 3.16. The van der Waals surface area contributed by atoms with E-state index in [1.54, 1.807) is 24.3 Å². The summed E-state index contributed by atoms with van der Waals surface area (Å²) in [5, 5.41) is 2.69. The van der Waals surface area contributed by atoms with Crippen molar-refractivity contribution in [2.45, 2.75) is 19.8 Å². The van der Waals surface area contributed by atoms with Crippen LogP contribution in [0.5, 0.6) is 0 Å². The standard InChI is InChI=1S/C22H20FN3O3/c1-14(27)24-17-8-4-15(5-9-17)19-20(25-12-2-3-13-25)22(29)26(21(19)28)18-10-6-16(23)7-11-18/h4-11H,2-3,12-13H2,1H3,(H,24,27). The minimum atomic E-state index is -0.436. The molecule has 0 saturated carbocycles. The van der Waals surface area contributed by atoms with Gasteiger partial charge in [-0.2, -0.15) is 0 Å². The molecule has 1 fully saturated rings.